The zero-order valence-corrected chi connectivity index (χ0v) is 12.1. The molecule has 0 aromatic carbocycles. The molecular weight excluding hydrogens is 304 g/mol. The van der Waals surface area contributed by atoms with Crippen LogP contribution >= 0.6 is 15.9 Å². The van der Waals surface area contributed by atoms with Gasteiger partial charge in [-0.2, -0.15) is 0 Å². The van der Waals surface area contributed by atoms with Crippen LogP contribution in [0.5, 0.6) is 0 Å². The van der Waals surface area contributed by atoms with Crippen LogP contribution in [0.25, 0.3) is 11.2 Å². The highest BCUT2D eigenvalue weighted by Crippen LogP contribution is 2.40. The molecule has 0 N–H and O–H groups in total. The average molecular weight is 319 g/mol. The van der Waals surface area contributed by atoms with Crippen molar-refractivity contribution in [2.45, 2.75) is 42.6 Å². The molecule has 2 unspecified atom stereocenters. The SMILES string of the molecule is BrC1CC2CCC(C1)N2c1ccc2nccnc2n1. The van der Waals surface area contributed by atoms with Gasteiger partial charge >= 0.3 is 0 Å². The van der Waals surface area contributed by atoms with Crippen LogP contribution in [0.1, 0.15) is 25.7 Å². The van der Waals surface area contributed by atoms with Crippen LogP contribution in [0, 0.1) is 0 Å². The number of anilines is 1. The number of nitrogens with zero attached hydrogens (tertiary/aromatic N) is 4. The summed E-state index contributed by atoms with van der Waals surface area (Å²) in [6.45, 7) is 0. The molecule has 2 aromatic rings. The van der Waals surface area contributed by atoms with E-state index < -0.39 is 0 Å². The van der Waals surface area contributed by atoms with Gasteiger partial charge in [-0.3, -0.25) is 4.98 Å². The van der Waals surface area contributed by atoms with E-state index in [-0.39, 0.29) is 0 Å². The molecule has 5 heteroatoms. The topological polar surface area (TPSA) is 41.9 Å². The summed E-state index contributed by atoms with van der Waals surface area (Å²) in [5.74, 6) is 1.07. The third-order valence-corrected chi connectivity index (χ3v) is 5.00. The molecule has 0 aliphatic carbocycles. The Morgan fingerprint density at radius 3 is 2.58 bits per heavy atom. The molecule has 0 saturated carbocycles. The summed E-state index contributed by atoms with van der Waals surface area (Å²) < 4.78 is 0. The first-order valence-corrected chi connectivity index (χ1v) is 7.73. The molecule has 4 nitrogen and oxygen atoms in total. The molecule has 2 aromatic heterocycles. The van der Waals surface area contributed by atoms with E-state index in [0.717, 1.165) is 17.0 Å². The van der Waals surface area contributed by atoms with Gasteiger partial charge in [0.25, 0.3) is 0 Å². The fourth-order valence-electron chi connectivity index (χ4n) is 3.47. The Morgan fingerprint density at radius 2 is 1.79 bits per heavy atom. The number of pyridine rings is 1. The maximum absolute atomic E-state index is 4.70. The minimum Gasteiger partial charge on any atom is -0.350 e. The van der Waals surface area contributed by atoms with E-state index in [4.69, 9.17) is 4.98 Å². The Morgan fingerprint density at radius 1 is 1.05 bits per heavy atom. The molecule has 4 rings (SSSR count). The van der Waals surface area contributed by atoms with Crippen molar-refractivity contribution in [3.63, 3.8) is 0 Å². The van der Waals surface area contributed by atoms with Gasteiger partial charge in [-0.05, 0) is 37.8 Å². The summed E-state index contributed by atoms with van der Waals surface area (Å²) in [7, 11) is 0. The smallest absolute Gasteiger partial charge is 0.180 e. The normalized spacial score (nSPS) is 29.9. The maximum atomic E-state index is 4.70. The largest absolute Gasteiger partial charge is 0.350 e. The van der Waals surface area contributed by atoms with E-state index in [1.807, 2.05) is 6.07 Å². The van der Waals surface area contributed by atoms with Crippen LogP contribution < -0.4 is 4.90 Å². The van der Waals surface area contributed by atoms with E-state index in [1.165, 1.54) is 25.7 Å². The molecule has 4 heterocycles. The summed E-state index contributed by atoms with van der Waals surface area (Å²) in [5.41, 5.74) is 1.62. The van der Waals surface area contributed by atoms with E-state index in [1.54, 1.807) is 12.4 Å². The van der Waals surface area contributed by atoms with Crippen LogP contribution in [-0.2, 0) is 0 Å². The highest BCUT2D eigenvalue weighted by Gasteiger charge is 2.40. The van der Waals surface area contributed by atoms with E-state index in [9.17, 15) is 0 Å². The van der Waals surface area contributed by atoms with Crippen LogP contribution in [0.3, 0.4) is 0 Å². The number of aromatic nitrogens is 3. The summed E-state index contributed by atoms with van der Waals surface area (Å²) in [6.07, 6.45) is 8.43. The minimum absolute atomic E-state index is 0.629. The van der Waals surface area contributed by atoms with Crippen molar-refractivity contribution >= 4 is 32.9 Å². The lowest BCUT2D eigenvalue weighted by Gasteiger charge is -2.38. The maximum Gasteiger partial charge on any atom is 0.180 e. The first-order valence-electron chi connectivity index (χ1n) is 6.81. The Bertz CT molecular complexity index is 603. The number of fused-ring (bicyclic) bond motifs is 3. The number of halogens is 1. The van der Waals surface area contributed by atoms with Crippen molar-refractivity contribution in [3.05, 3.63) is 24.5 Å². The van der Waals surface area contributed by atoms with Gasteiger partial charge in [-0.25, -0.2) is 9.97 Å². The van der Waals surface area contributed by atoms with Gasteiger partial charge < -0.3 is 4.90 Å². The molecule has 2 fully saturated rings. The van der Waals surface area contributed by atoms with Crippen molar-refractivity contribution in [3.8, 4) is 0 Å². The second-order valence-corrected chi connectivity index (χ2v) is 6.72. The molecule has 2 aliphatic heterocycles. The summed E-state index contributed by atoms with van der Waals surface area (Å²) in [5, 5.41) is 0. The highest BCUT2D eigenvalue weighted by atomic mass is 79.9. The second kappa shape index (κ2) is 4.40. The van der Waals surface area contributed by atoms with Crippen molar-refractivity contribution < 1.29 is 0 Å². The summed E-state index contributed by atoms with van der Waals surface area (Å²) in [6, 6.07) is 5.38. The lowest BCUT2D eigenvalue weighted by molar-refractivity contribution is 0.480. The first-order chi connectivity index (χ1) is 9.31. The summed E-state index contributed by atoms with van der Waals surface area (Å²) >= 11 is 3.78. The quantitative estimate of drug-likeness (QED) is 0.758. The molecule has 98 valence electrons. The monoisotopic (exact) mass is 318 g/mol. The van der Waals surface area contributed by atoms with Gasteiger partial charge in [0.1, 0.15) is 11.3 Å². The third-order valence-electron chi connectivity index (χ3n) is 4.26. The molecule has 0 radical (unpaired) electrons. The lowest BCUT2D eigenvalue weighted by atomic mass is 10.0. The van der Waals surface area contributed by atoms with Crippen molar-refractivity contribution in [1.82, 2.24) is 15.0 Å². The molecule has 19 heavy (non-hydrogen) atoms. The van der Waals surface area contributed by atoms with Crippen molar-refractivity contribution in [2.75, 3.05) is 4.90 Å². The van der Waals surface area contributed by atoms with Crippen LogP contribution in [0.15, 0.2) is 24.5 Å². The number of hydrogen-bond donors (Lipinski definition) is 0. The Hall–Kier alpha value is -1.23. The zero-order chi connectivity index (χ0) is 12.8. The van der Waals surface area contributed by atoms with Gasteiger partial charge in [0.05, 0.1) is 0 Å². The van der Waals surface area contributed by atoms with Crippen LogP contribution in [0.4, 0.5) is 5.82 Å². The van der Waals surface area contributed by atoms with E-state index in [0.29, 0.717) is 16.9 Å². The molecule has 2 aliphatic rings. The number of rotatable bonds is 1. The van der Waals surface area contributed by atoms with Crippen LogP contribution in [0.2, 0.25) is 0 Å². The van der Waals surface area contributed by atoms with E-state index >= 15 is 0 Å². The third kappa shape index (κ3) is 1.91. The number of hydrogen-bond acceptors (Lipinski definition) is 4. The fourth-order valence-corrected chi connectivity index (χ4v) is 4.34. The minimum atomic E-state index is 0.629. The van der Waals surface area contributed by atoms with Gasteiger partial charge in [0.2, 0.25) is 0 Å². The first kappa shape index (κ1) is 11.6. The molecule has 2 saturated heterocycles. The van der Waals surface area contributed by atoms with E-state index in [2.05, 4.69) is 36.9 Å². The number of piperidine rings is 1. The second-order valence-electron chi connectivity index (χ2n) is 5.43. The molecule has 2 atom stereocenters. The Kier molecular flexibility index (Phi) is 2.69. The van der Waals surface area contributed by atoms with Crippen molar-refractivity contribution in [2.24, 2.45) is 0 Å². The number of alkyl halides is 1. The van der Waals surface area contributed by atoms with Gasteiger partial charge in [-0.15, -0.1) is 0 Å². The molecule has 2 bridgehead atoms. The Labute approximate surface area is 120 Å². The molecular formula is C14H15BrN4. The van der Waals surface area contributed by atoms with Gasteiger partial charge in [-0.1, -0.05) is 15.9 Å². The highest BCUT2D eigenvalue weighted by molar-refractivity contribution is 9.09. The molecule has 0 amide bonds. The van der Waals surface area contributed by atoms with Gasteiger partial charge in [0.15, 0.2) is 5.65 Å². The van der Waals surface area contributed by atoms with Crippen LogP contribution in [-0.4, -0.2) is 31.9 Å². The molecule has 0 spiro atoms. The van der Waals surface area contributed by atoms with Gasteiger partial charge in [0, 0.05) is 29.3 Å². The van der Waals surface area contributed by atoms with Crippen molar-refractivity contribution in [1.29, 1.82) is 0 Å². The predicted molar refractivity (Wildman–Crippen MR) is 78.6 cm³/mol. The average Bonchev–Trinajstić information content (AvgIpc) is 2.70. The zero-order valence-electron chi connectivity index (χ0n) is 10.5. The summed E-state index contributed by atoms with van der Waals surface area (Å²) in [4.78, 5) is 16.5. The standard InChI is InChI=1S/C14H15BrN4/c15-9-7-10-1-2-11(8-9)19(10)13-4-3-12-14(18-13)17-6-5-16-12/h3-6,9-11H,1-2,7-8H2. The fraction of sp³-hybridized carbons (Fsp3) is 0.500. The Balaban J connectivity index is 1.74. The lowest BCUT2D eigenvalue weighted by Crippen LogP contribution is -2.43. The predicted octanol–water partition coefficient (Wildman–Crippen LogP) is 2.92.